The van der Waals surface area contributed by atoms with E-state index < -0.39 is 0 Å². The first-order chi connectivity index (χ1) is 7.36. The highest BCUT2D eigenvalue weighted by atomic mass is 16.5. The van der Waals surface area contributed by atoms with E-state index >= 15 is 0 Å². The molecule has 0 bridgehead atoms. The van der Waals surface area contributed by atoms with Crippen molar-refractivity contribution in [2.24, 2.45) is 0 Å². The predicted molar refractivity (Wildman–Crippen MR) is 65.8 cm³/mol. The molecule has 2 heteroatoms. The van der Waals surface area contributed by atoms with Crippen molar-refractivity contribution in [3.8, 4) is 5.75 Å². The third-order valence-electron chi connectivity index (χ3n) is 2.52. The molecule has 0 saturated carbocycles. The van der Waals surface area contributed by atoms with Crippen LogP contribution in [0.15, 0.2) is 18.2 Å². The van der Waals surface area contributed by atoms with Crippen molar-refractivity contribution in [1.29, 1.82) is 0 Å². The summed E-state index contributed by atoms with van der Waals surface area (Å²) in [6.45, 7) is 10.1. The molecule has 0 aliphatic heterocycles. The Kier molecular flexibility index (Phi) is 3.74. The quantitative estimate of drug-likeness (QED) is 0.562. The van der Waals surface area contributed by atoms with Gasteiger partial charge in [0.1, 0.15) is 5.75 Å². The summed E-state index contributed by atoms with van der Waals surface area (Å²) in [4.78, 5) is 11.4. The summed E-state index contributed by atoms with van der Waals surface area (Å²) in [5.74, 6) is 0.543. The number of ether oxygens (including phenoxy) is 1. The lowest BCUT2D eigenvalue weighted by Crippen LogP contribution is -2.16. The number of benzene rings is 1. The number of rotatable bonds is 2. The highest BCUT2D eigenvalue weighted by molar-refractivity contribution is 5.73. The molecule has 0 radical (unpaired) electrons. The Hall–Kier alpha value is -1.31. The van der Waals surface area contributed by atoms with E-state index in [2.05, 4.69) is 20.8 Å². The van der Waals surface area contributed by atoms with Gasteiger partial charge in [0, 0.05) is 12.0 Å². The molecule has 0 aliphatic carbocycles. The van der Waals surface area contributed by atoms with Crippen molar-refractivity contribution in [1.82, 2.24) is 0 Å². The molecule has 1 rings (SSSR count). The Morgan fingerprint density at radius 3 is 2.44 bits per heavy atom. The van der Waals surface area contributed by atoms with Gasteiger partial charge in [0.15, 0.2) is 0 Å². The second-order valence-corrected chi connectivity index (χ2v) is 5.03. The maximum atomic E-state index is 11.4. The van der Waals surface area contributed by atoms with E-state index in [4.69, 9.17) is 4.74 Å². The minimum Gasteiger partial charge on any atom is -0.426 e. The molecular weight excluding hydrogens is 200 g/mol. The molecule has 0 spiro atoms. The zero-order chi connectivity index (χ0) is 12.3. The van der Waals surface area contributed by atoms with Crippen LogP contribution in [0.2, 0.25) is 0 Å². The Morgan fingerprint density at radius 1 is 1.31 bits per heavy atom. The van der Waals surface area contributed by atoms with Gasteiger partial charge in [-0.2, -0.15) is 0 Å². The van der Waals surface area contributed by atoms with Crippen LogP contribution in [-0.2, 0) is 10.2 Å². The molecule has 0 aromatic heterocycles. The molecule has 0 unspecified atom stereocenters. The zero-order valence-corrected chi connectivity index (χ0v) is 10.8. The summed E-state index contributed by atoms with van der Waals surface area (Å²) in [6, 6.07) is 5.98. The van der Waals surface area contributed by atoms with Crippen LogP contribution in [0.5, 0.6) is 5.75 Å². The third-order valence-corrected chi connectivity index (χ3v) is 2.52. The summed E-state index contributed by atoms with van der Waals surface area (Å²) in [5.41, 5.74) is 2.07. The molecule has 0 N–H and O–H groups in total. The molecule has 1 aromatic rings. The fraction of sp³-hybridized carbons (Fsp3) is 0.500. The minimum absolute atomic E-state index is 0.0185. The van der Waals surface area contributed by atoms with Crippen LogP contribution in [-0.4, -0.2) is 5.97 Å². The van der Waals surface area contributed by atoms with Crippen molar-refractivity contribution < 1.29 is 9.53 Å². The topological polar surface area (TPSA) is 26.3 Å². The lowest BCUT2D eigenvalue weighted by atomic mass is 9.85. The summed E-state index contributed by atoms with van der Waals surface area (Å²) in [6.07, 6.45) is 0.401. The van der Waals surface area contributed by atoms with Crippen LogP contribution in [0.4, 0.5) is 0 Å². The van der Waals surface area contributed by atoms with Gasteiger partial charge in [0.05, 0.1) is 0 Å². The van der Waals surface area contributed by atoms with Gasteiger partial charge in [-0.3, -0.25) is 4.79 Å². The van der Waals surface area contributed by atoms with Crippen molar-refractivity contribution in [3.05, 3.63) is 29.3 Å². The van der Waals surface area contributed by atoms with Crippen molar-refractivity contribution >= 4 is 5.97 Å². The first kappa shape index (κ1) is 12.8. The summed E-state index contributed by atoms with van der Waals surface area (Å²) in [5, 5.41) is 0. The molecule has 0 heterocycles. The molecule has 16 heavy (non-hydrogen) atoms. The molecule has 0 amide bonds. The summed E-state index contributed by atoms with van der Waals surface area (Å²) >= 11 is 0. The second-order valence-electron chi connectivity index (χ2n) is 5.03. The molecule has 0 fully saturated rings. The molecule has 1 aromatic carbocycles. The molecule has 0 aliphatic rings. The van der Waals surface area contributed by atoms with Gasteiger partial charge >= 0.3 is 5.97 Å². The van der Waals surface area contributed by atoms with Gasteiger partial charge in [-0.05, 0) is 17.9 Å². The van der Waals surface area contributed by atoms with Crippen LogP contribution < -0.4 is 4.74 Å². The molecule has 0 atom stereocenters. The highest BCUT2D eigenvalue weighted by Gasteiger charge is 2.21. The normalized spacial score (nSPS) is 11.3. The van der Waals surface area contributed by atoms with Gasteiger partial charge in [-0.1, -0.05) is 45.9 Å². The fourth-order valence-corrected chi connectivity index (χ4v) is 1.56. The monoisotopic (exact) mass is 220 g/mol. The maximum absolute atomic E-state index is 11.4. The number of carbonyl (C=O) groups excluding carboxylic acids is 1. The van der Waals surface area contributed by atoms with Gasteiger partial charge in [0.2, 0.25) is 0 Å². The maximum Gasteiger partial charge on any atom is 0.310 e. The first-order valence-electron chi connectivity index (χ1n) is 5.67. The van der Waals surface area contributed by atoms with Crippen LogP contribution in [0, 0.1) is 6.92 Å². The van der Waals surface area contributed by atoms with E-state index in [1.165, 1.54) is 0 Å². The Morgan fingerprint density at radius 2 is 1.94 bits per heavy atom. The van der Waals surface area contributed by atoms with Gasteiger partial charge in [-0.25, -0.2) is 0 Å². The van der Waals surface area contributed by atoms with E-state index in [1.807, 2.05) is 25.1 Å². The minimum atomic E-state index is -0.181. The molecule has 2 nitrogen and oxygen atoms in total. The first-order valence-corrected chi connectivity index (χ1v) is 5.67. The lowest BCUT2D eigenvalue weighted by molar-refractivity contribution is -0.134. The Bertz CT molecular complexity index is 386. The fourth-order valence-electron chi connectivity index (χ4n) is 1.56. The molecule has 88 valence electrons. The van der Waals surface area contributed by atoms with Gasteiger partial charge in [0.25, 0.3) is 0 Å². The number of esters is 1. The zero-order valence-electron chi connectivity index (χ0n) is 10.8. The van der Waals surface area contributed by atoms with Crippen LogP contribution >= 0.6 is 0 Å². The summed E-state index contributed by atoms with van der Waals surface area (Å²) in [7, 11) is 0. The average Bonchev–Trinajstić information content (AvgIpc) is 2.19. The van der Waals surface area contributed by atoms with Crippen molar-refractivity contribution in [2.75, 3.05) is 0 Å². The van der Waals surface area contributed by atoms with Crippen LogP contribution in [0.25, 0.3) is 0 Å². The van der Waals surface area contributed by atoms with Crippen LogP contribution in [0.3, 0.4) is 0 Å². The van der Waals surface area contributed by atoms with Crippen molar-refractivity contribution in [3.63, 3.8) is 0 Å². The third kappa shape index (κ3) is 2.84. The van der Waals surface area contributed by atoms with Gasteiger partial charge in [-0.15, -0.1) is 0 Å². The van der Waals surface area contributed by atoms with Crippen LogP contribution in [0.1, 0.15) is 45.2 Å². The average molecular weight is 220 g/mol. The number of aryl methyl sites for hydroxylation is 1. The standard InChI is InChI=1S/C14H20O2/c1-6-12(15)16-13-10(2)8-7-9-11(13)14(3,4)5/h7-9H,6H2,1-5H3. The predicted octanol–water partition coefficient (Wildman–Crippen LogP) is 3.61. The van der Waals surface area contributed by atoms with Gasteiger partial charge < -0.3 is 4.74 Å². The number of hydrogen-bond donors (Lipinski definition) is 0. The van der Waals surface area contributed by atoms with E-state index in [0.717, 1.165) is 16.9 Å². The second kappa shape index (κ2) is 4.69. The van der Waals surface area contributed by atoms with E-state index in [1.54, 1.807) is 6.92 Å². The smallest absolute Gasteiger partial charge is 0.310 e. The lowest BCUT2D eigenvalue weighted by Gasteiger charge is -2.23. The number of hydrogen-bond acceptors (Lipinski definition) is 2. The Balaban J connectivity index is 3.19. The van der Waals surface area contributed by atoms with E-state index in [9.17, 15) is 4.79 Å². The number of carbonyl (C=O) groups is 1. The Labute approximate surface area is 97.6 Å². The van der Waals surface area contributed by atoms with E-state index in [0.29, 0.717) is 6.42 Å². The molecule has 0 saturated heterocycles. The van der Waals surface area contributed by atoms with Crippen molar-refractivity contribution in [2.45, 2.75) is 46.5 Å². The largest absolute Gasteiger partial charge is 0.426 e. The highest BCUT2D eigenvalue weighted by Crippen LogP contribution is 2.33. The SMILES string of the molecule is CCC(=O)Oc1c(C)cccc1C(C)(C)C. The number of para-hydroxylation sites is 1. The summed E-state index contributed by atoms with van der Waals surface area (Å²) < 4.78 is 5.41. The molecular formula is C14H20O2. The van der Waals surface area contributed by atoms with E-state index in [-0.39, 0.29) is 11.4 Å².